The summed E-state index contributed by atoms with van der Waals surface area (Å²) in [5.41, 5.74) is 2.01. The molecule has 30 heavy (non-hydrogen) atoms. The Balaban J connectivity index is 1.47. The summed E-state index contributed by atoms with van der Waals surface area (Å²) in [7, 11) is 0. The number of amides is 2. The van der Waals surface area contributed by atoms with Gasteiger partial charge in [0.2, 0.25) is 5.91 Å². The number of aliphatic hydroxyl groups excluding tert-OH is 1. The summed E-state index contributed by atoms with van der Waals surface area (Å²) in [6, 6.07) is 19.0. The summed E-state index contributed by atoms with van der Waals surface area (Å²) < 4.78 is 0.514. The Morgan fingerprint density at radius 3 is 2.47 bits per heavy atom. The molecule has 2 aromatic carbocycles. The van der Waals surface area contributed by atoms with Gasteiger partial charge in [-0.05, 0) is 30.0 Å². The fourth-order valence-electron chi connectivity index (χ4n) is 3.15. The van der Waals surface area contributed by atoms with Crippen LogP contribution in [0, 0.1) is 0 Å². The first kappa shape index (κ1) is 22.2. The van der Waals surface area contributed by atoms with E-state index >= 15 is 0 Å². The van der Waals surface area contributed by atoms with E-state index in [0.717, 1.165) is 11.1 Å². The van der Waals surface area contributed by atoms with Gasteiger partial charge in [0.1, 0.15) is 4.32 Å². The number of rotatable bonds is 9. The van der Waals surface area contributed by atoms with Gasteiger partial charge in [0.25, 0.3) is 5.91 Å². The Labute approximate surface area is 186 Å². The monoisotopic (exact) mass is 440 g/mol. The lowest BCUT2D eigenvalue weighted by Gasteiger charge is -2.17. The highest BCUT2D eigenvalue weighted by atomic mass is 32.2. The second-order valence-corrected chi connectivity index (χ2v) is 8.66. The van der Waals surface area contributed by atoms with Gasteiger partial charge in [-0.1, -0.05) is 84.6 Å². The number of nitrogens with one attached hydrogen (secondary N) is 1. The molecule has 0 bridgehead atoms. The van der Waals surface area contributed by atoms with E-state index in [0.29, 0.717) is 28.6 Å². The lowest BCUT2D eigenvalue weighted by molar-refractivity contribution is -0.124. The van der Waals surface area contributed by atoms with Crippen LogP contribution in [-0.2, 0) is 16.0 Å². The van der Waals surface area contributed by atoms with E-state index in [4.69, 9.17) is 12.2 Å². The molecule has 0 spiro atoms. The van der Waals surface area contributed by atoms with Gasteiger partial charge in [0.15, 0.2) is 0 Å². The number of hydrogen-bond acceptors (Lipinski definition) is 5. The van der Waals surface area contributed by atoms with Crippen molar-refractivity contribution < 1.29 is 14.7 Å². The van der Waals surface area contributed by atoms with E-state index in [1.807, 2.05) is 66.7 Å². The summed E-state index contributed by atoms with van der Waals surface area (Å²) in [5.74, 6) is -0.262. The molecule has 2 N–H and O–H groups in total. The van der Waals surface area contributed by atoms with E-state index in [-0.39, 0.29) is 30.9 Å². The van der Waals surface area contributed by atoms with Crippen molar-refractivity contribution in [3.63, 3.8) is 0 Å². The Morgan fingerprint density at radius 2 is 1.80 bits per heavy atom. The van der Waals surface area contributed by atoms with Crippen LogP contribution < -0.4 is 5.32 Å². The molecule has 1 aliphatic rings. The van der Waals surface area contributed by atoms with Crippen LogP contribution in [0.4, 0.5) is 0 Å². The zero-order valence-electron chi connectivity index (χ0n) is 16.5. The molecule has 156 valence electrons. The summed E-state index contributed by atoms with van der Waals surface area (Å²) in [4.78, 5) is 27.1. The number of hydrogen-bond donors (Lipinski definition) is 2. The number of carbonyl (C=O) groups excluding carboxylic acids is 2. The van der Waals surface area contributed by atoms with E-state index in [1.165, 1.54) is 11.8 Å². The first-order chi connectivity index (χ1) is 14.6. The predicted octanol–water partition coefficient (Wildman–Crippen LogP) is 3.39. The van der Waals surface area contributed by atoms with E-state index in [9.17, 15) is 14.7 Å². The van der Waals surface area contributed by atoms with Crippen molar-refractivity contribution in [3.05, 3.63) is 76.7 Å². The Kier molecular flexibility index (Phi) is 8.19. The molecule has 0 unspecified atom stereocenters. The average Bonchev–Trinajstić information content (AvgIpc) is 3.02. The fourth-order valence-corrected chi connectivity index (χ4v) is 4.46. The molecule has 0 aliphatic carbocycles. The highest BCUT2D eigenvalue weighted by Crippen LogP contribution is 2.32. The molecule has 2 aromatic rings. The summed E-state index contributed by atoms with van der Waals surface area (Å²) >= 11 is 6.63. The van der Waals surface area contributed by atoms with Crippen molar-refractivity contribution >= 4 is 46.2 Å². The molecular weight excluding hydrogens is 416 g/mol. The normalized spacial score (nSPS) is 16.2. The second-order valence-electron chi connectivity index (χ2n) is 6.98. The van der Waals surface area contributed by atoms with Gasteiger partial charge in [-0.25, -0.2) is 0 Å². The third-order valence-corrected chi connectivity index (χ3v) is 6.04. The van der Waals surface area contributed by atoms with Crippen LogP contribution in [0.25, 0.3) is 6.08 Å². The third-order valence-electron chi connectivity index (χ3n) is 4.67. The smallest absolute Gasteiger partial charge is 0.266 e. The lowest BCUT2D eigenvalue weighted by Crippen LogP contribution is -2.39. The first-order valence-electron chi connectivity index (χ1n) is 9.81. The molecule has 1 heterocycles. The largest absolute Gasteiger partial charge is 0.394 e. The van der Waals surface area contributed by atoms with Crippen LogP contribution >= 0.6 is 24.0 Å². The number of thiocarbonyl (C=S) groups is 1. The zero-order chi connectivity index (χ0) is 21.3. The topological polar surface area (TPSA) is 69.6 Å². The average molecular weight is 441 g/mol. The minimum atomic E-state index is -0.328. The van der Waals surface area contributed by atoms with Crippen molar-refractivity contribution in [2.75, 3.05) is 13.2 Å². The quantitative estimate of drug-likeness (QED) is 0.462. The molecule has 0 saturated carbocycles. The summed E-state index contributed by atoms with van der Waals surface area (Å²) in [6.07, 6.45) is 3.17. The molecule has 1 saturated heterocycles. The molecule has 3 rings (SSSR count). The lowest BCUT2D eigenvalue weighted by atomic mass is 10.1. The van der Waals surface area contributed by atoms with Gasteiger partial charge in [-0.15, -0.1) is 0 Å². The maximum atomic E-state index is 12.6. The van der Waals surface area contributed by atoms with Crippen molar-refractivity contribution in [2.45, 2.75) is 25.3 Å². The molecular formula is C23H24N2O3S2. The van der Waals surface area contributed by atoms with Crippen molar-refractivity contribution in [1.82, 2.24) is 10.2 Å². The van der Waals surface area contributed by atoms with Gasteiger partial charge < -0.3 is 10.4 Å². The number of aliphatic hydroxyl groups is 1. The molecule has 2 amide bonds. The molecule has 0 radical (unpaired) electrons. The van der Waals surface area contributed by atoms with Gasteiger partial charge >= 0.3 is 0 Å². The van der Waals surface area contributed by atoms with Crippen molar-refractivity contribution in [3.8, 4) is 0 Å². The number of nitrogens with zero attached hydrogens (tertiary/aromatic N) is 1. The molecule has 1 fully saturated rings. The van der Waals surface area contributed by atoms with E-state index < -0.39 is 0 Å². The van der Waals surface area contributed by atoms with Crippen LogP contribution in [0.2, 0.25) is 0 Å². The number of thioether (sulfide) groups is 1. The van der Waals surface area contributed by atoms with Gasteiger partial charge in [0.05, 0.1) is 17.6 Å². The number of benzene rings is 2. The zero-order valence-corrected chi connectivity index (χ0v) is 18.1. The number of carbonyl (C=O) groups is 2. The van der Waals surface area contributed by atoms with Crippen LogP contribution in [0.15, 0.2) is 65.6 Å². The minimum Gasteiger partial charge on any atom is -0.394 e. The maximum Gasteiger partial charge on any atom is 0.266 e. The van der Waals surface area contributed by atoms with E-state index in [1.54, 1.807) is 4.90 Å². The third kappa shape index (κ3) is 6.26. The predicted molar refractivity (Wildman–Crippen MR) is 125 cm³/mol. The summed E-state index contributed by atoms with van der Waals surface area (Å²) in [6.45, 7) is 0.270. The van der Waals surface area contributed by atoms with Crippen molar-refractivity contribution in [2.24, 2.45) is 0 Å². The molecule has 1 atom stereocenters. The molecule has 1 aliphatic heterocycles. The molecule has 7 heteroatoms. The highest BCUT2D eigenvalue weighted by molar-refractivity contribution is 8.26. The van der Waals surface area contributed by atoms with Crippen molar-refractivity contribution in [1.29, 1.82) is 0 Å². The Hall–Kier alpha value is -2.48. The Bertz CT molecular complexity index is 917. The van der Waals surface area contributed by atoms with E-state index in [2.05, 4.69) is 5.32 Å². The van der Waals surface area contributed by atoms with Crippen LogP contribution in [0.1, 0.15) is 24.0 Å². The SMILES string of the molecule is O=C(CCCN1C(=O)C(=Cc2ccccc2)SC1=S)N[C@@H](CO)Cc1ccccc1. The summed E-state index contributed by atoms with van der Waals surface area (Å²) in [5, 5.41) is 12.4. The first-order valence-corrected chi connectivity index (χ1v) is 11.0. The van der Waals surface area contributed by atoms with Gasteiger partial charge in [-0.3, -0.25) is 14.5 Å². The maximum absolute atomic E-state index is 12.6. The van der Waals surface area contributed by atoms with Crippen LogP contribution in [0.5, 0.6) is 0 Å². The van der Waals surface area contributed by atoms with Crippen LogP contribution in [0.3, 0.4) is 0 Å². The van der Waals surface area contributed by atoms with Gasteiger partial charge in [-0.2, -0.15) is 0 Å². The van der Waals surface area contributed by atoms with Gasteiger partial charge in [0, 0.05) is 13.0 Å². The standard InChI is InChI=1S/C23H24N2O3S2/c26-16-19(14-17-8-3-1-4-9-17)24-21(27)12-7-13-25-22(28)20(30-23(25)29)15-18-10-5-2-6-11-18/h1-6,8-11,15,19,26H,7,12-14,16H2,(H,24,27)/t19-/m1/s1. The fraction of sp³-hybridized carbons (Fsp3) is 0.261. The molecule has 0 aromatic heterocycles. The minimum absolute atomic E-state index is 0.119. The second kappa shape index (κ2) is 11.1. The Morgan fingerprint density at radius 1 is 1.13 bits per heavy atom. The highest BCUT2D eigenvalue weighted by Gasteiger charge is 2.31. The van der Waals surface area contributed by atoms with Crippen LogP contribution in [-0.4, -0.2) is 45.3 Å². The molecule has 5 nitrogen and oxygen atoms in total.